The van der Waals surface area contributed by atoms with Gasteiger partial charge in [0.25, 0.3) is 0 Å². The highest BCUT2D eigenvalue weighted by atomic mass is 32.2. The monoisotopic (exact) mass is 283 g/mol. The summed E-state index contributed by atoms with van der Waals surface area (Å²) >= 11 is 1.55. The molecule has 19 heavy (non-hydrogen) atoms. The van der Waals surface area contributed by atoms with Gasteiger partial charge >= 0.3 is 6.03 Å². The Bertz CT molecular complexity index is 418. The molecule has 0 aliphatic carbocycles. The van der Waals surface area contributed by atoms with E-state index in [1.165, 1.54) is 6.26 Å². The van der Waals surface area contributed by atoms with Crippen LogP contribution in [0.15, 0.2) is 22.8 Å². The van der Waals surface area contributed by atoms with E-state index in [2.05, 4.69) is 16.0 Å². The minimum atomic E-state index is -0.493. The number of amides is 3. The quantitative estimate of drug-likeness (QED) is 0.710. The van der Waals surface area contributed by atoms with Gasteiger partial charge in [-0.05, 0) is 36.9 Å². The summed E-state index contributed by atoms with van der Waals surface area (Å²) in [5, 5.41) is 8.01. The number of hydrogen-bond donors (Lipinski definition) is 3. The Balaban J connectivity index is 1.54. The SMILES string of the molecule is O=C(CSCC1CNC1)NC(=O)NCc1ccco1. The van der Waals surface area contributed by atoms with Crippen LogP contribution in [0, 0.1) is 5.92 Å². The van der Waals surface area contributed by atoms with Crippen LogP contribution in [0.5, 0.6) is 0 Å². The van der Waals surface area contributed by atoms with Crippen LogP contribution in [0.2, 0.25) is 0 Å². The zero-order chi connectivity index (χ0) is 13.5. The fraction of sp³-hybridized carbons (Fsp3) is 0.500. The van der Waals surface area contributed by atoms with Crippen LogP contribution in [0.1, 0.15) is 5.76 Å². The van der Waals surface area contributed by atoms with Gasteiger partial charge in [0.05, 0.1) is 18.6 Å². The predicted octanol–water partition coefficient (Wildman–Crippen LogP) is 0.558. The molecule has 0 radical (unpaired) electrons. The number of urea groups is 1. The number of hydrogen-bond acceptors (Lipinski definition) is 5. The van der Waals surface area contributed by atoms with Gasteiger partial charge < -0.3 is 15.1 Å². The Kier molecular flexibility index (Phi) is 5.29. The van der Waals surface area contributed by atoms with Gasteiger partial charge in [0.15, 0.2) is 0 Å². The third-order valence-corrected chi connectivity index (χ3v) is 3.88. The highest BCUT2D eigenvalue weighted by Gasteiger charge is 2.17. The first-order valence-corrected chi connectivity index (χ1v) is 7.28. The van der Waals surface area contributed by atoms with Crippen molar-refractivity contribution in [3.05, 3.63) is 24.2 Å². The van der Waals surface area contributed by atoms with Crippen LogP contribution in [0.3, 0.4) is 0 Å². The van der Waals surface area contributed by atoms with Crippen molar-refractivity contribution in [3.8, 4) is 0 Å². The lowest BCUT2D eigenvalue weighted by Gasteiger charge is -2.26. The number of nitrogens with one attached hydrogen (secondary N) is 3. The molecule has 1 saturated heterocycles. The zero-order valence-corrected chi connectivity index (χ0v) is 11.3. The molecule has 6 nitrogen and oxygen atoms in total. The first-order valence-electron chi connectivity index (χ1n) is 6.12. The zero-order valence-electron chi connectivity index (χ0n) is 10.5. The molecule has 1 aliphatic rings. The minimum Gasteiger partial charge on any atom is -0.467 e. The second-order valence-electron chi connectivity index (χ2n) is 4.35. The minimum absolute atomic E-state index is 0.269. The van der Waals surface area contributed by atoms with E-state index in [1.807, 2.05) is 0 Å². The van der Waals surface area contributed by atoms with Crippen molar-refractivity contribution in [2.24, 2.45) is 5.92 Å². The average molecular weight is 283 g/mol. The van der Waals surface area contributed by atoms with Gasteiger partial charge in [0, 0.05) is 0 Å². The van der Waals surface area contributed by atoms with Gasteiger partial charge in [-0.1, -0.05) is 0 Å². The number of carbonyl (C=O) groups excluding carboxylic acids is 2. The Morgan fingerprint density at radius 3 is 2.95 bits per heavy atom. The molecule has 3 amide bonds. The molecular weight excluding hydrogens is 266 g/mol. The van der Waals surface area contributed by atoms with Crippen LogP contribution in [0.25, 0.3) is 0 Å². The van der Waals surface area contributed by atoms with E-state index in [0.29, 0.717) is 17.4 Å². The third kappa shape index (κ3) is 4.96. The van der Waals surface area contributed by atoms with Crippen molar-refractivity contribution in [1.29, 1.82) is 0 Å². The standard InChI is InChI=1S/C12H17N3O3S/c16-11(8-19-7-9-4-13-5-9)15-12(17)14-6-10-2-1-3-18-10/h1-3,9,13H,4-8H2,(H2,14,15,16,17). The normalized spacial score (nSPS) is 14.7. The second kappa shape index (κ2) is 7.20. The number of rotatable bonds is 6. The molecular formula is C12H17N3O3S. The third-order valence-electron chi connectivity index (χ3n) is 2.71. The van der Waals surface area contributed by atoms with Crippen LogP contribution < -0.4 is 16.0 Å². The van der Waals surface area contributed by atoms with E-state index >= 15 is 0 Å². The Labute approximate surface area is 115 Å². The van der Waals surface area contributed by atoms with E-state index in [0.717, 1.165) is 18.8 Å². The lowest BCUT2D eigenvalue weighted by atomic mass is 10.1. The Morgan fingerprint density at radius 1 is 1.47 bits per heavy atom. The summed E-state index contributed by atoms with van der Waals surface area (Å²) in [4.78, 5) is 22.9. The molecule has 1 aromatic heterocycles. The molecule has 104 valence electrons. The van der Waals surface area contributed by atoms with Gasteiger partial charge in [-0.15, -0.1) is 0 Å². The molecule has 0 atom stereocenters. The maximum Gasteiger partial charge on any atom is 0.321 e. The number of carbonyl (C=O) groups is 2. The summed E-state index contributed by atoms with van der Waals surface area (Å²) in [6.45, 7) is 2.32. The van der Waals surface area contributed by atoms with Crippen molar-refractivity contribution in [3.63, 3.8) is 0 Å². The molecule has 0 unspecified atom stereocenters. The number of imide groups is 1. The lowest BCUT2D eigenvalue weighted by Crippen LogP contribution is -2.44. The molecule has 3 N–H and O–H groups in total. The molecule has 0 spiro atoms. The van der Waals surface area contributed by atoms with Crippen LogP contribution in [0.4, 0.5) is 4.79 Å². The molecule has 2 heterocycles. The molecule has 1 fully saturated rings. The molecule has 2 rings (SSSR count). The largest absolute Gasteiger partial charge is 0.467 e. The van der Waals surface area contributed by atoms with Gasteiger partial charge in [-0.25, -0.2) is 4.79 Å². The lowest BCUT2D eigenvalue weighted by molar-refractivity contribution is -0.117. The molecule has 7 heteroatoms. The van der Waals surface area contributed by atoms with E-state index < -0.39 is 6.03 Å². The van der Waals surface area contributed by atoms with Gasteiger partial charge in [-0.3, -0.25) is 10.1 Å². The summed E-state index contributed by atoms with van der Waals surface area (Å²) in [5.74, 6) is 2.30. The fourth-order valence-corrected chi connectivity index (χ4v) is 2.52. The molecule has 0 saturated carbocycles. The highest BCUT2D eigenvalue weighted by Crippen LogP contribution is 2.11. The molecule has 1 aromatic rings. The van der Waals surface area contributed by atoms with Crippen LogP contribution in [-0.4, -0.2) is 36.5 Å². The van der Waals surface area contributed by atoms with Crippen LogP contribution in [-0.2, 0) is 11.3 Å². The first kappa shape index (κ1) is 14.0. The summed E-state index contributed by atoms with van der Waals surface area (Å²) in [7, 11) is 0. The predicted molar refractivity (Wildman–Crippen MR) is 72.8 cm³/mol. The van der Waals surface area contributed by atoms with Crippen molar-refractivity contribution in [1.82, 2.24) is 16.0 Å². The van der Waals surface area contributed by atoms with E-state index in [1.54, 1.807) is 23.9 Å². The van der Waals surface area contributed by atoms with Crippen molar-refractivity contribution in [2.75, 3.05) is 24.6 Å². The maximum atomic E-state index is 11.5. The molecule has 0 bridgehead atoms. The summed E-state index contributed by atoms with van der Waals surface area (Å²) in [6.07, 6.45) is 1.53. The summed E-state index contributed by atoms with van der Waals surface area (Å²) < 4.78 is 5.06. The van der Waals surface area contributed by atoms with Gasteiger partial charge in [0.2, 0.25) is 5.91 Å². The average Bonchev–Trinajstić information content (AvgIpc) is 2.83. The second-order valence-corrected chi connectivity index (χ2v) is 5.38. The van der Waals surface area contributed by atoms with E-state index in [9.17, 15) is 9.59 Å². The Morgan fingerprint density at radius 2 is 2.32 bits per heavy atom. The maximum absolute atomic E-state index is 11.5. The summed E-state index contributed by atoms with van der Waals surface area (Å²) in [6, 6.07) is 3.00. The summed E-state index contributed by atoms with van der Waals surface area (Å²) in [5.41, 5.74) is 0. The molecule has 1 aliphatic heterocycles. The van der Waals surface area contributed by atoms with Gasteiger partial charge in [-0.2, -0.15) is 11.8 Å². The van der Waals surface area contributed by atoms with E-state index in [4.69, 9.17) is 4.42 Å². The molecule has 0 aromatic carbocycles. The van der Waals surface area contributed by atoms with Crippen LogP contribution >= 0.6 is 11.8 Å². The van der Waals surface area contributed by atoms with Crippen molar-refractivity contribution >= 4 is 23.7 Å². The number of thioether (sulfide) groups is 1. The highest BCUT2D eigenvalue weighted by molar-refractivity contribution is 7.99. The van der Waals surface area contributed by atoms with Crippen molar-refractivity contribution in [2.45, 2.75) is 6.54 Å². The topological polar surface area (TPSA) is 83.4 Å². The van der Waals surface area contributed by atoms with Crippen molar-refractivity contribution < 1.29 is 14.0 Å². The fourth-order valence-electron chi connectivity index (χ4n) is 1.57. The smallest absolute Gasteiger partial charge is 0.321 e. The first-order chi connectivity index (χ1) is 9.24. The Hall–Kier alpha value is -1.47. The van der Waals surface area contributed by atoms with E-state index in [-0.39, 0.29) is 12.5 Å². The number of furan rings is 1. The van der Waals surface area contributed by atoms with Gasteiger partial charge in [0.1, 0.15) is 5.76 Å².